The largest absolute Gasteiger partial charge is 0.508 e. The van der Waals surface area contributed by atoms with Crippen LogP contribution in [0.4, 0.5) is 0 Å². The van der Waals surface area contributed by atoms with Crippen LogP contribution in [0.2, 0.25) is 0 Å². The molecule has 0 aliphatic carbocycles. The average molecular weight is 259 g/mol. The fourth-order valence-corrected chi connectivity index (χ4v) is 2.04. The molecule has 0 saturated carbocycles. The number of nitrogens with zero attached hydrogens (tertiary/aromatic N) is 2. The van der Waals surface area contributed by atoms with E-state index in [4.69, 9.17) is 0 Å². The van der Waals surface area contributed by atoms with Crippen LogP contribution < -0.4 is 5.32 Å². The molecule has 1 amide bonds. The minimum Gasteiger partial charge on any atom is -0.508 e. The molecule has 5 nitrogen and oxygen atoms in total. The Bertz CT molecular complexity index is 617. The van der Waals surface area contributed by atoms with E-state index < -0.39 is 0 Å². The first-order valence-corrected chi connectivity index (χ1v) is 6.05. The lowest BCUT2D eigenvalue weighted by Gasteiger charge is -2.06. The van der Waals surface area contributed by atoms with E-state index in [0.717, 1.165) is 11.3 Å². The monoisotopic (exact) mass is 259 g/mol. The van der Waals surface area contributed by atoms with Gasteiger partial charge in [0, 0.05) is 19.3 Å². The number of hydrogen-bond donors (Lipinski definition) is 2. The molecule has 1 aromatic carbocycles. The summed E-state index contributed by atoms with van der Waals surface area (Å²) in [7, 11) is 1.81. The fourth-order valence-electron chi connectivity index (χ4n) is 2.04. The Morgan fingerprint density at radius 2 is 2.16 bits per heavy atom. The molecule has 0 atom stereocenters. The van der Waals surface area contributed by atoms with Gasteiger partial charge in [-0.2, -0.15) is 5.10 Å². The van der Waals surface area contributed by atoms with Gasteiger partial charge in [-0.3, -0.25) is 9.48 Å². The summed E-state index contributed by atoms with van der Waals surface area (Å²) in [6, 6.07) is 6.82. The zero-order valence-electron chi connectivity index (χ0n) is 11.3. The molecular weight excluding hydrogens is 242 g/mol. The number of phenolic OH excluding ortho intramolecular Hbond substituents is 1. The summed E-state index contributed by atoms with van der Waals surface area (Å²) in [5, 5.41) is 16.4. The van der Waals surface area contributed by atoms with Crippen molar-refractivity contribution in [3.63, 3.8) is 0 Å². The van der Waals surface area contributed by atoms with Crippen LogP contribution in [-0.2, 0) is 13.6 Å². The molecule has 0 saturated heterocycles. The predicted octanol–water partition coefficient (Wildman–Crippen LogP) is 1.67. The van der Waals surface area contributed by atoms with E-state index >= 15 is 0 Å². The maximum atomic E-state index is 12.1. The van der Waals surface area contributed by atoms with E-state index in [-0.39, 0.29) is 11.7 Å². The lowest BCUT2D eigenvalue weighted by molar-refractivity contribution is 0.0949. The van der Waals surface area contributed by atoms with Gasteiger partial charge in [-0.05, 0) is 31.5 Å². The molecule has 0 bridgehead atoms. The number of hydrogen-bond acceptors (Lipinski definition) is 3. The van der Waals surface area contributed by atoms with Gasteiger partial charge in [-0.15, -0.1) is 0 Å². The molecule has 0 aliphatic rings. The van der Waals surface area contributed by atoms with Crippen molar-refractivity contribution in [2.75, 3.05) is 0 Å². The number of phenols is 1. The smallest absolute Gasteiger partial charge is 0.255 e. The predicted molar refractivity (Wildman–Crippen MR) is 72.0 cm³/mol. The third-order valence-electron chi connectivity index (χ3n) is 3.10. The van der Waals surface area contributed by atoms with Crippen molar-refractivity contribution in [1.29, 1.82) is 0 Å². The van der Waals surface area contributed by atoms with Gasteiger partial charge in [0.05, 0.1) is 11.3 Å². The van der Waals surface area contributed by atoms with Crippen LogP contribution in [0, 0.1) is 13.8 Å². The molecule has 1 aromatic heterocycles. The fraction of sp³-hybridized carbons (Fsp3) is 0.286. The van der Waals surface area contributed by atoms with Crippen molar-refractivity contribution in [3.05, 3.63) is 46.8 Å². The highest BCUT2D eigenvalue weighted by atomic mass is 16.3. The van der Waals surface area contributed by atoms with Crippen LogP contribution in [0.1, 0.15) is 27.3 Å². The first-order chi connectivity index (χ1) is 8.99. The van der Waals surface area contributed by atoms with E-state index in [1.807, 2.05) is 27.0 Å². The zero-order valence-corrected chi connectivity index (χ0v) is 11.3. The second-order valence-electron chi connectivity index (χ2n) is 4.52. The maximum Gasteiger partial charge on any atom is 0.255 e. The van der Waals surface area contributed by atoms with Crippen molar-refractivity contribution in [3.8, 4) is 5.75 Å². The summed E-state index contributed by atoms with van der Waals surface area (Å²) < 4.78 is 1.69. The third-order valence-corrected chi connectivity index (χ3v) is 3.10. The van der Waals surface area contributed by atoms with E-state index in [9.17, 15) is 9.90 Å². The Labute approximate surface area is 111 Å². The van der Waals surface area contributed by atoms with E-state index in [1.54, 1.807) is 22.9 Å². The summed E-state index contributed by atoms with van der Waals surface area (Å²) >= 11 is 0. The number of amides is 1. The van der Waals surface area contributed by atoms with Crippen molar-refractivity contribution in [2.45, 2.75) is 20.4 Å². The molecule has 0 radical (unpaired) electrons. The van der Waals surface area contributed by atoms with Crippen LogP contribution in [0.5, 0.6) is 5.75 Å². The van der Waals surface area contributed by atoms with Crippen LogP contribution in [0.25, 0.3) is 0 Å². The van der Waals surface area contributed by atoms with Gasteiger partial charge in [-0.25, -0.2) is 0 Å². The van der Waals surface area contributed by atoms with E-state index in [2.05, 4.69) is 10.4 Å². The number of benzene rings is 1. The number of aromatic nitrogens is 2. The molecule has 2 aromatic rings. The first kappa shape index (κ1) is 13.1. The number of carbonyl (C=O) groups excluding carboxylic acids is 1. The topological polar surface area (TPSA) is 67.2 Å². The van der Waals surface area contributed by atoms with E-state index in [1.165, 1.54) is 0 Å². The number of aromatic hydroxyl groups is 1. The van der Waals surface area contributed by atoms with Crippen molar-refractivity contribution < 1.29 is 9.90 Å². The summed E-state index contributed by atoms with van der Waals surface area (Å²) in [5.41, 5.74) is 3.02. The van der Waals surface area contributed by atoms with E-state index in [0.29, 0.717) is 17.8 Å². The van der Waals surface area contributed by atoms with Crippen LogP contribution in [0.3, 0.4) is 0 Å². The summed E-state index contributed by atoms with van der Waals surface area (Å²) in [6.07, 6.45) is 0. The SMILES string of the molecule is Cc1nn(C)c(C)c1C(=O)NCc1cccc(O)c1. The highest BCUT2D eigenvalue weighted by molar-refractivity contribution is 5.96. The molecule has 0 unspecified atom stereocenters. The van der Waals surface area contributed by atoms with Gasteiger partial charge in [-0.1, -0.05) is 12.1 Å². The summed E-state index contributed by atoms with van der Waals surface area (Å²) in [5.74, 6) is 0.0481. The third kappa shape index (κ3) is 2.76. The quantitative estimate of drug-likeness (QED) is 0.881. The molecule has 0 spiro atoms. The minimum atomic E-state index is -0.147. The minimum absolute atomic E-state index is 0.147. The second kappa shape index (κ2) is 5.14. The van der Waals surface area contributed by atoms with Gasteiger partial charge < -0.3 is 10.4 Å². The molecule has 0 aliphatic heterocycles. The first-order valence-electron chi connectivity index (χ1n) is 6.05. The summed E-state index contributed by atoms with van der Waals surface area (Å²) in [4.78, 5) is 12.1. The molecule has 2 rings (SSSR count). The molecule has 1 heterocycles. The lowest BCUT2D eigenvalue weighted by atomic mass is 10.1. The van der Waals surface area contributed by atoms with Gasteiger partial charge in [0.1, 0.15) is 5.75 Å². The Hall–Kier alpha value is -2.30. The Morgan fingerprint density at radius 1 is 1.42 bits per heavy atom. The van der Waals surface area contributed by atoms with Crippen LogP contribution >= 0.6 is 0 Å². The van der Waals surface area contributed by atoms with Gasteiger partial charge in [0.2, 0.25) is 0 Å². The van der Waals surface area contributed by atoms with Crippen LogP contribution in [0.15, 0.2) is 24.3 Å². The Balaban J connectivity index is 2.10. The number of aryl methyl sites for hydroxylation is 2. The lowest BCUT2D eigenvalue weighted by Crippen LogP contribution is -2.24. The zero-order chi connectivity index (χ0) is 14.0. The normalized spacial score (nSPS) is 10.5. The molecule has 19 heavy (non-hydrogen) atoms. The molecule has 0 fully saturated rings. The van der Waals surface area contributed by atoms with Crippen molar-refractivity contribution in [1.82, 2.24) is 15.1 Å². The Morgan fingerprint density at radius 3 is 2.74 bits per heavy atom. The van der Waals surface area contributed by atoms with Gasteiger partial charge in [0.25, 0.3) is 5.91 Å². The molecule has 5 heteroatoms. The van der Waals surface area contributed by atoms with Crippen molar-refractivity contribution in [2.24, 2.45) is 7.05 Å². The average Bonchev–Trinajstić information content (AvgIpc) is 2.61. The second-order valence-corrected chi connectivity index (χ2v) is 4.52. The highest BCUT2D eigenvalue weighted by Crippen LogP contribution is 2.13. The van der Waals surface area contributed by atoms with Gasteiger partial charge >= 0.3 is 0 Å². The Kier molecular flexibility index (Phi) is 3.55. The van der Waals surface area contributed by atoms with Gasteiger partial charge in [0.15, 0.2) is 0 Å². The number of nitrogens with one attached hydrogen (secondary N) is 1. The molecule has 2 N–H and O–H groups in total. The molecule has 100 valence electrons. The number of carbonyl (C=O) groups is 1. The molecular formula is C14H17N3O2. The standard InChI is InChI=1S/C14H17N3O2/c1-9-13(10(2)17(3)16-9)14(19)15-8-11-5-4-6-12(18)7-11/h4-7,18H,8H2,1-3H3,(H,15,19). The van der Waals surface area contributed by atoms with Crippen molar-refractivity contribution >= 4 is 5.91 Å². The maximum absolute atomic E-state index is 12.1. The highest BCUT2D eigenvalue weighted by Gasteiger charge is 2.16. The number of rotatable bonds is 3. The van der Waals surface area contributed by atoms with Crippen LogP contribution in [-0.4, -0.2) is 20.8 Å². The summed E-state index contributed by atoms with van der Waals surface area (Å²) in [6.45, 7) is 4.06.